The molecule has 0 radical (unpaired) electrons. The zero-order valence-electron chi connectivity index (χ0n) is 14.1. The zero-order valence-corrected chi connectivity index (χ0v) is 14.1. The number of nitrogens with one attached hydrogen (secondary N) is 2. The van der Waals surface area contributed by atoms with Gasteiger partial charge in [-0.1, -0.05) is 19.1 Å². The van der Waals surface area contributed by atoms with E-state index in [4.69, 9.17) is 4.74 Å². The Balaban J connectivity index is 1.60. The molecular formula is C18H26FN3O2. The van der Waals surface area contributed by atoms with Crippen LogP contribution in [-0.2, 0) is 9.53 Å². The van der Waals surface area contributed by atoms with Gasteiger partial charge in [0.1, 0.15) is 5.82 Å². The Kier molecular flexibility index (Phi) is 5.81. The molecule has 0 aromatic heterocycles. The maximum Gasteiger partial charge on any atom is 0.229 e. The molecule has 2 aliphatic heterocycles. The number of rotatable bonds is 6. The second-order valence-electron chi connectivity index (χ2n) is 6.68. The average molecular weight is 335 g/mol. The third kappa shape index (κ3) is 3.94. The molecule has 1 amide bonds. The largest absolute Gasteiger partial charge is 0.381 e. The lowest BCUT2D eigenvalue weighted by Crippen LogP contribution is -2.38. The minimum atomic E-state index is -0.276. The fraction of sp³-hybridized carbons (Fsp3) is 0.611. The first-order chi connectivity index (χ1) is 11.7. The molecule has 6 heteroatoms. The predicted molar refractivity (Wildman–Crippen MR) is 89.6 cm³/mol. The van der Waals surface area contributed by atoms with Gasteiger partial charge in [-0.2, -0.15) is 0 Å². The Morgan fingerprint density at radius 2 is 2.33 bits per heavy atom. The van der Waals surface area contributed by atoms with Crippen LogP contribution >= 0.6 is 0 Å². The van der Waals surface area contributed by atoms with Crippen molar-refractivity contribution in [3.63, 3.8) is 0 Å². The van der Waals surface area contributed by atoms with Gasteiger partial charge in [0.05, 0.1) is 18.6 Å². The van der Waals surface area contributed by atoms with Gasteiger partial charge in [0.15, 0.2) is 0 Å². The molecule has 3 unspecified atom stereocenters. The second kappa shape index (κ2) is 8.05. The fourth-order valence-electron chi connectivity index (χ4n) is 3.54. The summed E-state index contributed by atoms with van der Waals surface area (Å²) >= 11 is 0. The zero-order chi connectivity index (χ0) is 16.9. The van der Waals surface area contributed by atoms with Gasteiger partial charge in [0, 0.05) is 32.2 Å². The molecule has 3 rings (SSSR count). The Labute approximate surface area is 142 Å². The lowest BCUT2D eigenvalue weighted by molar-refractivity contribution is -0.134. The van der Waals surface area contributed by atoms with Gasteiger partial charge in [0.25, 0.3) is 0 Å². The highest BCUT2D eigenvalue weighted by atomic mass is 19.1. The van der Waals surface area contributed by atoms with Crippen LogP contribution in [0.4, 0.5) is 4.39 Å². The van der Waals surface area contributed by atoms with Crippen LogP contribution in [-0.4, -0.2) is 43.7 Å². The summed E-state index contributed by atoms with van der Waals surface area (Å²) in [5.74, 6) is 0.0824. The predicted octanol–water partition coefficient (Wildman–Crippen LogP) is 1.87. The smallest absolute Gasteiger partial charge is 0.229 e. The summed E-state index contributed by atoms with van der Waals surface area (Å²) in [5.41, 5.74) is 6.98. The van der Waals surface area contributed by atoms with Crippen molar-refractivity contribution in [2.24, 2.45) is 11.8 Å². The van der Waals surface area contributed by atoms with Crippen LogP contribution in [0, 0.1) is 17.7 Å². The molecule has 2 fully saturated rings. The number of carbonyl (C=O) groups excluding carboxylic acids is 1. The van der Waals surface area contributed by atoms with Crippen LogP contribution in [0.5, 0.6) is 0 Å². The summed E-state index contributed by atoms with van der Waals surface area (Å²) in [6.45, 7) is 5.71. The van der Waals surface area contributed by atoms with Crippen molar-refractivity contribution >= 4 is 5.91 Å². The van der Waals surface area contributed by atoms with Crippen molar-refractivity contribution in [3.8, 4) is 0 Å². The molecule has 0 bridgehead atoms. The monoisotopic (exact) mass is 335 g/mol. The highest BCUT2D eigenvalue weighted by Gasteiger charge is 2.38. The van der Waals surface area contributed by atoms with Crippen molar-refractivity contribution in [2.75, 3.05) is 32.8 Å². The summed E-state index contributed by atoms with van der Waals surface area (Å²) in [4.78, 5) is 14.8. The Morgan fingerprint density at radius 3 is 3.12 bits per heavy atom. The van der Waals surface area contributed by atoms with Crippen LogP contribution in [0.1, 0.15) is 31.4 Å². The van der Waals surface area contributed by atoms with Crippen molar-refractivity contribution in [1.29, 1.82) is 0 Å². The number of nitrogens with zero attached hydrogens (tertiary/aromatic N) is 1. The molecule has 2 aliphatic rings. The molecule has 3 atom stereocenters. The van der Waals surface area contributed by atoms with Crippen LogP contribution in [0.25, 0.3) is 0 Å². The maximum absolute atomic E-state index is 13.5. The van der Waals surface area contributed by atoms with E-state index in [0.29, 0.717) is 12.5 Å². The molecule has 1 aromatic carbocycles. The standard InChI is InChI=1S/C18H26FN3O2/c1-2-8-24-12-13-6-7-22(11-13)18(23)16-10-20-21-17(16)14-4-3-5-15(19)9-14/h3-5,9,13,16-17,20-21H,2,6-8,10-12H2,1H3. The van der Waals surface area contributed by atoms with Crippen molar-refractivity contribution in [3.05, 3.63) is 35.6 Å². The van der Waals surface area contributed by atoms with Crippen molar-refractivity contribution < 1.29 is 13.9 Å². The third-order valence-corrected chi connectivity index (χ3v) is 4.81. The van der Waals surface area contributed by atoms with Crippen LogP contribution in [0.2, 0.25) is 0 Å². The van der Waals surface area contributed by atoms with Crippen LogP contribution < -0.4 is 10.9 Å². The summed E-state index contributed by atoms with van der Waals surface area (Å²) in [7, 11) is 0. The lowest BCUT2D eigenvalue weighted by Gasteiger charge is -2.24. The van der Waals surface area contributed by atoms with E-state index in [1.54, 1.807) is 6.07 Å². The first-order valence-electron chi connectivity index (χ1n) is 8.79. The minimum absolute atomic E-state index is 0.139. The number of hydrogen-bond acceptors (Lipinski definition) is 4. The number of hydrogen-bond donors (Lipinski definition) is 2. The van der Waals surface area contributed by atoms with Gasteiger partial charge in [-0.25, -0.2) is 9.82 Å². The third-order valence-electron chi connectivity index (χ3n) is 4.81. The summed E-state index contributed by atoms with van der Waals surface area (Å²) in [5, 5.41) is 0. The highest BCUT2D eigenvalue weighted by molar-refractivity contribution is 5.80. The minimum Gasteiger partial charge on any atom is -0.381 e. The number of carbonyl (C=O) groups is 1. The van der Waals surface area contributed by atoms with Crippen molar-refractivity contribution in [1.82, 2.24) is 15.8 Å². The molecule has 0 aliphatic carbocycles. The number of ether oxygens (including phenoxy) is 1. The van der Waals surface area contributed by atoms with Gasteiger partial charge in [-0.05, 0) is 30.5 Å². The van der Waals surface area contributed by atoms with E-state index in [9.17, 15) is 9.18 Å². The van der Waals surface area contributed by atoms with Crippen LogP contribution in [0.15, 0.2) is 24.3 Å². The van der Waals surface area contributed by atoms with E-state index in [1.165, 1.54) is 12.1 Å². The summed E-state index contributed by atoms with van der Waals surface area (Å²) < 4.78 is 19.1. The first-order valence-corrected chi connectivity index (χ1v) is 8.79. The number of likely N-dealkylation sites (tertiary alicyclic amines) is 1. The van der Waals surface area contributed by atoms with Gasteiger partial charge in [0.2, 0.25) is 5.91 Å². The number of benzene rings is 1. The number of hydrazine groups is 1. The molecule has 0 spiro atoms. The van der Waals surface area contributed by atoms with E-state index in [0.717, 1.165) is 44.7 Å². The van der Waals surface area contributed by atoms with E-state index >= 15 is 0 Å². The molecule has 2 saturated heterocycles. The molecule has 2 N–H and O–H groups in total. The molecule has 1 aromatic rings. The molecule has 132 valence electrons. The van der Waals surface area contributed by atoms with Crippen molar-refractivity contribution in [2.45, 2.75) is 25.8 Å². The number of amides is 1. The van der Waals surface area contributed by atoms with Gasteiger partial charge >= 0.3 is 0 Å². The summed E-state index contributed by atoms with van der Waals surface area (Å²) in [6, 6.07) is 6.27. The molecule has 2 heterocycles. The Morgan fingerprint density at radius 1 is 1.46 bits per heavy atom. The Hall–Kier alpha value is -1.50. The molecule has 24 heavy (non-hydrogen) atoms. The van der Waals surface area contributed by atoms with E-state index in [1.807, 2.05) is 11.0 Å². The quantitative estimate of drug-likeness (QED) is 0.779. The van der Waals surface area contributed by atoms with Gasteiger partial charge in [-0.3, -0.25) is 10.2 Å². The molecular weight excluding hydrogens is 309 g/mol. The summed E-state index contributed by atoms with van der Waals surface area (Å²) in [6.07, 6.45) is 2.01. The van der Waals surface area contributed by atoms with Crippen LogP contribution in [0.3, 0.4) is 0 Å². The lowest BCUT2D eigenvalue weighted by atomic mass is 9.93. The van der Waals surface area contributed by atoms with E-state index in [2.05, 4.69) is 17.8 Å². The first kappa shape index (κ1) is 17.3. The molecule has 0 saturated carbocycles. The Bertz CT molecular complexity index is 569. The molecule has 5 nitrogen and oxygen atoms in total. The normalized spacial score (nSPS) is 26.9. The maximum atomic E-state index is 13.5. The SMILES string of the molecule is CCCOCC1CCN(C(=O)C2CNNC2c2cccc(F)c2)C1. The van der Waals surface area contributed by atoms with Gasteiger partial charge < -0.3 is 9.64 Å². The highest BCUT2D eigenvalue weighted by Crippen LogP contribution is 2.29. The average Bonchev–Trinajstić information content (AvgIpc) is 3.24. The number of halogens is 1. The topological polar surface area (TPSA) is 53.6 Å². The second-order valence-corrected chi connectivity index (χ2v) is 6.68. The fourth-order valence-corrected chi connectivity index (χ4v) is 3.54. The van der Waals surface area contributed by atoms with E-state index in [-0.39, 0.29) is 23.7 Å². The van der Waals surface area contributed by atoms with E-state index < -0.39 is 0 Å². The van der Waals surface area contributed by atoms with Gasteiger partial charge in [-0.15, -0.1) is 0 Å².